The number of hydrogen-bond acceptors (Lipinski definition) is 4. The minimum absolute atomic E-state index is 0.138. The topological polar surface area (TPSA) is 51.4 Å². The number of aromatic nitrogens is 1. The fourth-order valence-corrected chi connectivity index (χ4v) is 2.58. The van der Waals surface area contributed by atoms with Gasteiger partial charge < -0.3 is 10.5 Å². The minimum Gasteiger partial charge on any atom is -0.383 e. The standard InChI is InChI=1S/C16H23N3O/c1-12(11-20-3)19(2)15(10-17)14-8-4-6-13-7-5-9-18-16(13)14/h4-9,12,15H,10-11,17H2,1-3H3. The van der Waals surface area contributed by atoms with E-state index >= 15 is 0 Å². The molecule has 1 aromatic carbocycles. The van der Waals surface area contributed by atoms with Gasteiger partial charge in [-0.25, -0.2) is 0 Å². The van der Waals surface area contributed by atoms with Crippen molar-refractivity contribution < 1.29 is 4.74 Å². The maximum Gasteiger partial charge on any atom is 0.0750 e. The lowest BCUT2D eigenvalue weighted by atomic mass is 10.0. The summed E-state index contributed by atoms with van der Waals surface area (Å²) in [5.74, 6) is 0. The van der Waals surface area contributed by atoms with E-state index in [0.29, 0.717) is 19.2 Å². The van der Waals surface area contributed by atoms with E-state index in [9.17, 15) is 0 Å². The third kappa shape index (κ3) is 2.98. The summed E-state index contributed by atoms with van der Waals surface area (Å²) < 4.78 is 5.24. The average molecular weight is 273 g/mol. The summed E-state index contributed by atoms with van der Waals surface area (Å²) in [6, 6.07) is 10.7. The number of nitrogens with two attached hydrogens (primary N) is 1. The van der Waals surface area contributed by atoms with Crippen molar-refractivity contribution >= 4 is 10.9 Å². The first-order chi connectivity index (χ1) is 9.69. The van der Waals surface area contributed by atoms with E-state index in [-0.39, 0.29) is 6.04 Å². The Morgan fingerprint density at radius 2 is 2.05 bits per heavy atom. The van der Waals surface area contributed by atoms with Crippen LogP contribution in [0.4, 0.5) is 0 Å². The normalized spacial score (nSPS) is 14.7. The third-order valence-corrected chi connectivity index (χ3v) is 3.84. The zero-order chi connectivity index (χ0) is 14.5. The molecule has 4 heteroatoms. The Bertz CT molecular complexity index is 553. The summed E-state index contributed by atoms with van der Waals surface area (Å²) in [7, 11) is 3.81. The molecule has 1 aromatic heterocycles. The highest BCUT2D eigenvalue weighted by Gasteiger charge is 2.22. The highest BCUT2D eigenvalue weighted by Crippen LogP contribution is 2.26. The Kier molecular flexibility index (Phi) is 5.06. The summed E-state index contributed by atoms with van der Waals surface area (Å²) in [5.41, 5.74) is 8.23. The minimum atomic E-state index is 0.138. The Morgan fingerprint density at radius 1 is 1.30 bits per heavy atom. The molecule has 2 aromatic rings. The molecule has 2 rings (SSSR count). The van der Waals surface area contributed by atoms with Gasteiger partial charge in [0.25, 0.3) is 0 Å². The molecule has 4 nitrogen and oxygen atoms in total. The van der Waals surface area contributed by atoms with Gasteiger partial charge in [0, 0.05) is 37.3 Å². The van der Waals surface area contributed by atoms with Gasteiger partial charge in [0.2, 0.25) is 0 Å². The first-order valence-electron chi connectivity index (χ1n) is 6.93. The summed E-state index contributed by atoms with van der Waals surface area (Å²) in [6.07, 6.45) is 1.83. The van der Waals surface area contributed by atoms with Crippen LogP contribution in [-0.4, -0.2) is 43.2 Å². The molecule has 2 N–H and O–H groups in total. The molecule has 0 spiro atoms. The van der Waals surface area contributed by atoms with Crippen LogP contribution in [0, 0.1) is 0 Å². The van der Waals surface area contributed by atoms with Gasteiger partial charge in [0.15, 0.2) is 0 Å². The number of para-hydroxylation sites is 1. The van der Waals surface area contributed by atoms with Crippen LogP contribution in [-0.2, 0) is 4.74 Å². The van der Waals surface area contributed by atoms with Crippen LogP contribution in [0.5, 0.6) is 0 Å². The van der Waals surface area contributed by atoms with Crippen LogP contribution in [0.3, 0.4) is 0 Å². The van der Waals surface area contributed by atoms with E-state index in [0.717, 1.165) is 10.9 Å². The second kappa shape index (κ2) is 6.79. The molecule has 0 fully saturated rings. The number of benzene rings is 1. The lowest BCUT2D eigenvalue weighted by molar-refractivity contribution is 0.0914. The summed E-state index contributed by atoms with van der Waals surface area (Å²) >= 11 is 0. The Balaban J connectivity index is 2.39. The fraction of sp³-hybridized carbons (Fsp3) is 0.438. The fourth-order valence-electron chi connectivity index (χ4n) is 2.58. The van der Waals surface area contributed by atoms with Crippen molar-refractivity contribution in [3.8, 4) is 0 Å². The third-order valence-electron chi connectivity index (χ3n) is 3.84. The van der Waals surface area contributed by atoms with Crippen LogP contribution < -0.4 is 5.73 Å². The molecule has 1 heterocycles. The van der Waals surface area contributed by atoms with E-state index in [1.54, 1.807) is 7.11 Å². The van der Waals surface area contributed by atoms with Crippen LogP contribution in [0.25, 0.3) is 10.9 Å². The molecule has 108 valence electrons. The zero-order valence-corrected chi connectivity index (χ0v) is 12.4. The van der Waals surface area contributed by atoms with Crippen molar-refractivity contribution in [1.82, 2.24) is 9.88 Å². The van der Waals surface area contributed by atoms with Crippen molar-refractivity contribution in [1.29, 1.82) is 0 Å². The summed E-state index contributed by atoms with van der Waals surface area (Å²) in [6.45, 7) is 3.39. The summed E-state index contributed by atoms with van der Waals surface area (Å²) in [5, 5.41) is 1.15. The Hall–Kier alpha value is -1.49. The van der Waals surface area contributed by atoms with Gasteiger partial charge >= 0.3 is 0 Å². The highest BCUT2D eigenvalue weighted by atomic mass is 16.5. The molecule has 0 amide bonds. The van der Waals surface area contributed by atoms with Gasteiger partial charge in [-0.3, -0.25) is 9.88 Å². The van der Waals surface area contributed by atoms with Crippen LogP contribution in [0.1, 0.15) is 18.5 Å². The van der Waals surface area contributed by atoms with Crippen molar-refractivity contribution in [3.05, 3.63) is 42.1 Å². The number of methoxy groups -OCH3 is 1. The van der Waals surface area contributed by atoms with Gasteiger partial charge in [0.05, 0.1) is 12.1 Å². The van der Waals surface area contributed by atoms with Crippen LogP contribution in [0.2, 0.25) is 0 Å². The molecule has 0 aliphatic rings. The Labute approximate surface area is 120 Å². The van der Waals surface area contributed by atoms with Gasteiger partial charge in [-0.1, -0.05) is 24.3 Å². The lowest BCUT2D eigenvalue weighted by Gasteiger charge is -2.32. The van der Waals surface area contributed by atoms with E-state index in [1.165, 1.54) is 5.56 Å². The van der Waals surface area contributed by atoms with Crippen LogP contribution in [0.15, 0.2) is 36.5 Å². The van der Waals surface area contributed by atoms with Crippen molar-refractivity contribution in [2.24, 2.45) is 5.73 Å². The number of hydrogen-bond donors (Lipinski definition) is 1. The molecule has 0 radical (unpaired) electrons. The molecule has 0 aliphatic heterocycles. The molecule has 2 atom stereocenters. The molecular formula is C16H23N3O. The number of fused-ring (bicyclic) bond motifs is 1. The maximum absolute atomic E-state index is 6.02. The smallest absolute Gasteiger partial charge is 0.0750 e. The summed E-state index contributed by atoms with van der Waals surface area (Å²) in [4.78, 5) is 6.78. The van der Waals surface area contributed by atoms with E-state index in [1.807, 2.05) is 12.3 Å². The predicted octanol–water partition coefficient (Wildman–Crippen LogP) is 2.20. The van der Waals surface area contributed by atoms with Crippen molar-refractivity contribution in [3.63, 3.8) is 0 Å². The van der Waals surface area contributed by atoms with E-state index in [2.05, 4.69) is 48.1 Å². The van der Waals surface area contributed by atoms with Crippen molar-refractivity contribution in [2.75, 3.05) is 27.3 Å². The number of ether oxygens (including phenoxy) is 1. The van der Waals surface area contributed by atoms with Crippen molar-refractivity contribution in [2.45, 2.75) is 19.0 Å². The molecular weight excluding hydrogens is 250 g/mol. The second-order valence-electron chi connectivity index (χ2n) is 5.14. The lowest BCUT2D eigenvalue weighted by Crippen LogP contribution is -2.39. The number of rotatable bonds is 6. The molecule has 0 saturated heterocycles. The second-order valence-corrected chi connectivity index (χ2v) is 5.14. The largest absolute Gasteiger partial charge is 0.383 e. The molecule has 0 bridgehead atoms. The Morgan fingerprint density at radius 3 is 2.75 bits per heavy atom. The average Bonchev–Trinajstić information content (AvgIpc) is 2.48. The number of pyridine rings is 1. The monoisotopic (exact) mass is 273 g/mol. The molecule has 2 unspecified atom stereocenters. The quantitative estimate of drug-likeness (QED) is 0.876. The van der Waals surface area contributed by atoms with Gasteiger partial charge in [-0.2, -0.15) is 0 Å². The van der Waals surface area contributed by atoms with Gasteiger partial charge in [-0.05, 0) is 25.6 Å². The zero-order valence-electron chi connectivity index (χ0n) is 12.4. The van der Waals surface area contributed by atoms with E-state index in [4.69, 9.17) is 10.5 Å². The molecule has 0 saturated carbocycles. The molecule has 20 heavy (non-hydrogen) atoms. The first kappa shape index (κ1) is 14.9. The predicted molar refractivity (Wildman–Crippen MR) is 82.6 cm³/mol. The maximum atomic E-state index is 6.02. The van der Waals surface area contributed by atoms with E-state index < -0.39 is 0 Å². The van der Waals surface area contributed by atoms with Gasteiger partial charge in [-0.15, -0.1) is 0 Å². The molecule has 0 aliphatic carbocycles. The number of nitrogens with zero attached hydrogens (tertiary/aromatic N) is 2. The number of likely N-dealkylation sites (N-methyl/N-ethyl adjacent to an activating group) is 1. The van der Waals surface area contributed by atoms with Gasteiger partial charge in [0.1, 0.15) is 0 Å². The highest BCUT2D eigenvalue weighted by molar-refractivity contribution is 5.82. The first-order valence-corrected chi connectivity index (χ1v) is 6.93. The SMILES string of the molecule is COCC(C)N(C)C(CN)c1cccc2cccnc12. The van der Waals surface area contributed by atoms with Crippen LogP contribution >= 0.6 is 0 Å².